The van der Waals surface area contributed by atoms with Crippen LogP contribution in [-0.4, -0.2) is 32.3 Å². The predicted molar refractivity (Wildman–Crippen MR) is 46.7 cm³/mol. The van der Waals surface area contributed by atoms with E-state index in [9.17, 15) is 0 Å². The molecule has 0 saturated heterocycles. The second kappa shape index (κ2) is 4.28. The van der Waals surface area contributed by atoms with E-state index in [1.165, 1.54) is 0 Å². The van der Waals surface area contributed by atoms with Crippen molar-refractivity contribution in [2.75, 3.05) is 14.2 Å². The van der Waals surface area contributed by atoms with Crippen molar-refractivity contribution in [1.82, 2.24) is 0 Å². The van der Waals surface area contributed by atoms with Crippen molar-refractivity contribution in [1.29, 1.82) is 0 Å². The summed E-state index contributed by atoms with van der Waals surface area (Å²) in [5, 5.41) is 0.600. The SMILES string of the molecule is CO[Si](C)(OC)C(C)[Si]C. The lowest BCUT2D eigenvalue weighted by Crippen LogP contribution is -2.42. The van der Waals surface area contributed by atoms with Crippen molar-refractivity contribution in [3.63, 3.8) is 0 Å². The molecule has 0 aliphatic carbocycles. The molecule has 0 spiro atoms. The van der Waals surface area contributed by atoms with Crippen molar-refractivity contribution in [3.8, 4) is 0 Å². The maximum absolute atomic E-state index is 5.36. The van der Waals surface area contributed by atoms with E-state index in [4.69, 9.17) is 8.85 Å². The average Bonchev–Trinajstić information content (AvgIpc) is 2.01. The van der Waals surface area contributed by atoms with Crippen molar-refractivity contribution >= 4 is 18.1 Å². The highest BCUT2D eigenvalue weighted by Crippen LogP contribution is 2.20. The minimum Gasteiger partial charge on any atom is -0.398 e. The molecule has 0 amide bonds. The van der Waals surface area contributed by atoms with Gasteiger partial charge in [0.25, 0.3) is 0 Å². The lowest BCUT2D eigenvalue weighted by molar-refractivity contribution is 0.247. The lowest BCUT2D eigenvalue weighted by atomic mass is 10.9. The van der Waals surface area contributed by atoms with Gasteiger partial charge in [0.2, 0.25) is 0 Å². The number of hydrogen-bond acceptors (Lipinski definition) is 2. The summed E-state index contributed by atoms with van der Waals surface area (Å²) in [4.78, 5) is 0. The van der Waals surface area contributed by atoms with E-state index >= 15 is 0 Å². The van der Waals surface area contributed by atoms with Crippen LogP contribution in [0.1, 0.15) is 6.92 Å². The molecule has 10 heavy (non-hydrogen) atoms. The van der Waals surface area contributed by atoms with E-state index in [1.54, 1.807) is 14.2 Å². The topological polar surface area (TPSA) is 18.5 Å². The molecule has 1 unspecified atom stereocenters. The van der Waals surface area contributed by atoms with Gasteiger partial charge in [-0.15, -0.1) is 0 Å². The molecule has 0 N–H and O–H groups in total. The highest BCUT2D eigenvalue weighted by atomic mass is 28.4. The zero-order valence-electron chi connectivity index (χ0n) is 7.39. The molecule has 60 valence electrons. The zero-order valence-corrected chi connectivity index (χ0v) is 9.39. The minimum atomic E-state index is -1.79. The zero-order chi connectivity index (χ0) is 8.20. The Hall–Kier alpha value is 0.354. The summed E-state index contributed by atoms with van der Waals surface area (Å²) in [6.07, 6.45) is 0. The molecule has 0 aliphatic rings. The van der Waals surface area contributed by atoms with Crippen molar-refractivity contribution in [3.05, 3.63) is 0 Å². The van der Waals surface area contributed by atoms with Gasteiger partial charge in [0, 0.05) is 23.7 Å². The van der Waals surface area contributed by atoms with Gasteiger partial charge in [-0.3, -0.25) is 0 Å². The summed E-state index contributed by atoms with van der Waals surface area (Å²) in [7, 11) is 2.60. The average molecular weight is 176 g/mol. The monoisotopic (exact) mass is 176 g/mol. The quantitative estimate of drug-likeness (QED) is 0.604. The van der Waals surface area contributed by atoms with Gasteiger partial charge in [-0.25, -0.2) is 0 Å². The Morgan fingerprint density at radius 1 is 1.30 bits per heavy atom. The molecule has 0 rings (SSSR count). The second-order valence-electron chi connectivity index (χ2n) is 2.43. The van der Waals surface area contributed by atoms with Gasteiger partial charge in [0.05, 0.1) is 0 Å². The fourth-order valence-corrected chi connectivity index (χ4v) is 4.38. The Morgan fingerprint density at radius 3 is 1.80 bits per heavy atom. The van der Waals surface area contributed by atoms with Gasteiger partial charge in [0.1, 0.15) is 0 Å². The normalized spacial score (nSPS) is 15.3. The standard InChI is InChI=1S/C6H16O2Si2/c1-6(9-4)10(5,7-2)8-3/h6H,1-5H3. The van der Waals surface area contributed by atoms with Crippen LogP contribution in [0.5, 0.6) is 0 Å². The highest BCUT2D eigenvalue weighted by molar-refractivity contribution is 6.77. The first-order chi connectivity index (χ1) is 4.60. The van der Waals surface area contributed by atoms with E-state index in [1.807, 2.05) is 0 Å². The Kier molecular flexibility index (Phi) is 4.43. The molecule has 0 aliphatic heterocycles. The second-order valence-corrected chi connectivity index (χ2v) is 8.17. The molecule has 0 aromatic heterocycles. The van der Waals surface area contributed by atoms with Gasteiger partial charge < -0.3 is 8.85 Å². The maximum atomic E-state index is 5.36. The first kappa shape index (κ1) is 10.4. The van der Waals surface area contributed by atoms with Gasteiger partial charge in [-0.1, -0.05) is 13.5 Å². The third-order valence-electron chi connectivity index (χ3n) is 2.03. The molecule has 0 heterocycles. The third-order valence-corrected chi connectivity index (χ3v) is 8.53. The van der Waals surface area contributed by atoms with Crippen LogP contribution in [-0.2, 0) is 8.85 Å². The Morgan fingerprint density at radius 2 is 1.70 bits per heavy atom. The van der Waals surface area contributed by atoms with E-state index in [0.717, 1.165) is 9.52 Å². The fraction of sp³-hybridized carbons (Fsp3) is 1.00. The number of hydrogen-bond donors (Lipinski definition) is 0. The molecule has 1 atom stereocenters. The summed E-state index contributed by atoms with van der Waals surface area (Å²) in [6.45, 7) is 6.49. The minimum absolute atomic E-state index is 0.600. The van der Waals surface area contributed by atoms with Crippen LogP contribution >= 0.6 is 0 Å². The summed E-state index contributed by atoms with van der Waals surface area (Å²) >= 11 is 0. The van der Waals surface area contributed by atoms with Crippen LogP contribution in [0.25, 0.3) is 0 Å². The molecule has 0 saturated carbocycles. The van der Waals surface area contributed by atoms with Crippen LogP contribution in [0, 0.1) is 0 Å². The van der Waals surface area contributed by atoms with Crippen LogP contribution < -0.4 is 0 Å². The third kappa shape index (κ3) is 2.19. The van der Waals surface area contributed by atoms with Gasteiger partial charge >= 0.3 is 8.56 Å². The van der Waals surface area contributed by atoms with Gasteiger partial charge in [-0.2, -0.15) is 0 Å². The van der Waals surface area contributed by atoms with Crippen LogP contribution in [0.2, 0.25) is 18.3 Å². The van der Waals surface area contributed by atoms with E-state index < -0.39 is 8.56 Å². The Bertz CT molecular complexity index is 93.7. The molecule has 0 fully saturated rings. The molecule has 2 nitrogen and oxygen atoms in total. The predicted octanol–water partition coefficient (Wildman–Crippen LogP) is 1.45. The van der Waals surface area contributed by atoms with E-state index in [-0.39, 0.29) is 0 Å². The smallest absolute Gasteiger partial charge is 0.334 e. The van der Waals surface area contributed by atoms with E-state index in [2.05, 4.69) is 20.0 Å². The lowest BCUT2D eigenvalue weighted by Gasteiger charge is -2.28. The summed E-state index contributed by atoms with van der Waals surface area (Å²) in [5.41, 5.74) is 0. The van der Waals surface area contributed by atoms with Crippen LogP contribution in [0.15, 0.2) is 0 Å². The molecule has 0 bridgehead atoms. The van der Waals surface area contributed by atoms with E-state index in [0.29, 0.717) is 5.16 Å². The van der Waals surface area contributed by atoms with Gasteiger partial charge in [-0.05, 0) is 11.7 Å². The largest absolute Gasteiger partial charge is 0.398 e. The fourth-order valence-electron chi connectivity index (χ4n) is 0.699. The summed E-state index contributed by atoms with van der Waals surface area (Å²) < 4.78 is 10.7. The molecular formula is C6H16O2Si2. The van der Waals surface area contributed by atoms with Crippen molar-refractivity contribution < 1.29 is 8.85 Å². The molecule has 4 heteroatoms. The first-order valence-corrected chi connectivity index (χ1v) is 7.35. The number of rotatable bonds is 4. The van der Waals surface area contributed by atoms with Gasteiger partial charge in [0.15, 0.2) is 0 Å². The molecule has 0 aromatic rings. The molecule has 0 aromatic carbocycles. The van der Waals surface area contributed by atoms with Crippen molar-refractivity contribution in [2.45, 2.75) is 25.2 Å². The summed E-state index contributed by atoms with van der Waals surface area (Å²) in [5.74, 6) is 0. The van der Waals surface area contributed by atoms with Crippen LogP contribution in [0.3, 0.4) is 0 Å². The summed E-state index contributed by atoms with van der Waals surface area (Å²) in [6, 6.07) is 0. The first-order valence-electron chi connectivity index (χ1n) is 3.38. The maximum Gasteiger partial charge on any atom is 0.334 e. The Balaban J connectivity index is 4.02. The van der Waals surface area contributed by atoms with Crippen molar-refractivity contribution in [2.24, 2.45) is 0 Å². The van der Waals surface area contributed by atoms with Crippen LogP contribution in [0.4, 0.5) is 0 Å². The molecule has 2 radical (unpaired) electrons. The highest BCUT2D eigenvalue weighted by Gasteiger charge is 2.34. The Labute approximate surface area is 67.0 Å². The molecular weight excluding hydrogens is 160 g/mol.